The normalized spacial score (nSPS) is 12.8. The predicted octanol–water partition coefficient (Wildman–Crippen LogP) is 3.05. The van der Waals surface area contributed by atoms with Gasteiger partial charge < -0.3 is 5.32 Å². The van der Waals surface area contributed by atoms with E-state index in [0.29, 0.717) is 16.5 Å². The van der Waals surface area contributed by atoms with E-state index in [9.17, 15) is 13.8 Å². The molecule has 1 N–H and O–H groups in total. The maximum Gasteiger partial charge on any atom is 0.274 e. The van der Waals surface area contributed by atoms with Gasteiger partial charge in [-0.1, -0.05) is 18.2 Å². The van der Waals surface area contributed by atoms with E-state index < -0.39 is 15.6 Å². The quantitative estimate of drug-likeness (QED) is 0.539. The second-order valence-electron chi connectivity index (χ2n) is 5.32. The molecule has 3 rings (SSSR count). The Balaban J connectivity index is 1.88. The molecule has 2 heterocycles. The van der Waals surface area contributed by atoms with Crippen LogP contribution in [0.3, 0.4) is 0 Å². The number of rotatable bonds is 5. The molecule has 3 aromatic rings. The van der Waals surface area contributed by atoms with Gasteiger partial charge in [0.2, 0.25) is 5.23 Å². The van der Waals surface area contributed by atoms with E-state index in [0.717, 1.165) is 5.56 Å². The number of carbonyl (C=O) groups is 1. The molecule has 0 aliphatic carbocycles. The maximum atomic E-state index is 13.1. The van der Waals surface area contributed by atoms with E-state index in [1.54, 1.807) is 53.8 Å². The van der Waals surface area contributed by atoms with Gasteiger partial charge in [0, 0.05) is 24.5 Å². The molecule has 0 radical (unpaired) electrons. The summed E-state index contributed by atoms with van der Waals surface area (Å²) in [5, 5.41) is 4.28. The highest BCUT2D eigenvalue weighted by molar-refractivity contribution is 7.99. The van der Waals surface area contributed by atoms with Crippen molar-refractivity contribution in [2.45, 2.75) is 10.8 Å². The van der Waals surface area contributed by atoms with Gasteiger partial charge in [-0.15, -0.1) is 11.6 Å². The molecule has 0 saturated heterocycles. The standard InChI is InChI=1S/C18H14ClN3O3S/c19-11-14-4-6-16(7-5-14)26(25,13-23)22-10-8-15(12-22)21-18(24)17-3-1-2-9-20-17/h1-10,12H,11H2,(H,21,24). The van der Waals surface area contributed by atoms with Gasteiger partial charge >= 0.3 is 0 Å². The highest BCUT2D eigenvalue weighted by Gasteiger charge is 2.16. The topological polar surface area (TPSA) is 81.1 Å². The van der Waals surface area contributed by atoms with E-state index in [1.165, 1.54) is 22.6 Å². The van der Waals surface area contributed by atoms with Gasteiger partial charge in [-0.3, -0.25) is 13.8 Å². The Morgan fingerprint density at radius 1 is 1.19 bits per heavy atom. The number of anilines is 1. The first-order chi connectivity index (χ1) is 12.6. The molecule has 0 bridgehead atoms. The summed E-state index contributed by atoms with van der Waals surface area (Å²) in [7, 11) is -3.29. The summed E-state index contributed by atoms with van der Waals surface area (Å²) >= 11 is 5.75. The van der Waals surface area contributed by atoms with Crippen molar-refractivity contribution < 1.29 is 13.8 Å². The summed E-state index contributed by atoms with van der Waals surface area (Å²) < 4.78 is 14.3. The second-order valence-corrected chi connectivity index (χ2v) is 7.69. The van der Waals surface area contributed by atoms with Crippen molar-refractivity contribution >= 4 is 38.1 Å². The Kier molecular flexibility index (Phi) is 5.23. The van der Waals surface area contributed by atoms with Gasteiger partial charge in [0.15, 0.2) is 9.71 Å². The van der Waals surface area contributed by atoms with Gasteiger partial charge in [-0.05, 0) is 35.9 Å². The Morgan fingerprint density at radius 2 is 1.96 bits per heavy atom. The molecular formula is C18H14ClN3O3S. The fraction of sp³-hybridized carbons (Fsp3) is 0.0556. The number of amides is 1. The number of aromatic nitrogens is 2. The van der Waals surface area contributed by atoms with Gasteiger partial charge in [0.25, 0.3) is 5.91 Å². The van der Waals surface area contributed by atoms with E-state index >= 15 is 0 Å². The zero-order valence-electron chi connectivity index (χ0n) is 13.5. The number of nitrogens with one attached hydrogen (secondary N) is 1. The minimum absolute atomic E-state index is 0.250. The van der Waals surface area contributed by atoms with Crippen LogP contribution in [0.25, 0.3) is 0 Å². The summed E-state index contributed by atoms with van der Waals surface area (Å²) in [6.45, 7) is 0. The summed E-state index contributed by atoms with van der Waals surface area (Å²) in [4.78, 5) is 27.9. The Labute approximate surface area is 155 Å². The number of pyridine rings is 1. The molecule has 1 amide bonds. The molecule has 2 aromatic heterocycles. The molecule has 0 aliphatic heterocycles. The Morgan fingerprint density at radius 3 is 2.58 bits per heavy atom. The largest absolute Gasteiger partial charge is 0.319 e. The number of alkyl halides is 1. The molecule has 8 heteroatoms. The minimum Gasteiger partial charge on any atom is -0.319 e. The second kappa shape index (κ2) is 7.58. The fourth-order valence-corrected chi connectivity index (χ4v) is 3.88. The highest BCUT2D eigenvalue weighted by Crippen LogP contribution is 2.19. The molecule has 132 valence electrons. The van der Waals surface area contributed by atoms with Crippen LogP contribution < -0.4 is 5.32 Å². The van der Waals surface area contributed by atoms with Crippen LogP contribution in [0.2, 0.25) is 0 Å². The van der Waals surface area contributed by atoms with Crippen molar-refractivity contribution in [2.75, 3.05) is 5.32 Å². The van der Waals surface area contributed by atoms with Gasteiger partial charge in [-0.2, -0.15) is 0 Å². The van der Waals surface area contributed by atoms with Crippen LogP contribution in [0.4, 0.5) is 5.69 Å². The number of halogens is 1. The van der Waals surface area contributed by atoms with Crippen molar-refractivity contribution in [3.63, 3.8) is 0 Å². The zero-order valence-corrected chi connectivity index (χ0v) is 15.0. The summed E-state index contributed by atoms with van der Waals surface area (Å²) in [5.74, 6) is -0.0872. The zero-order chi connectivity index (χ0) is 18.6. The lowest BCUT2D eigenvalue weighted by Gasteiger charge is -2.09. The van der Waals surface area contributed by atoms with Crippen molar-refractivity contribution in [3.05, 3.63) is 78.4 Å². The lowest BCUT2D eigenvalue weighted by atomic mass is 10.2. The third-order valence-electron chi connectivity index (χ3n) is 3.63. The molecule has 1 aromatic carbocycles. The summed E-state index contributed by atoms with van der Waals surface area (Å²) in [6, 6.07) is 13.1. The van der Waals surface area contributed by atoms with Gasteiger partial charge in [-0.25, -0.2) is 9.00 Å². The smallest absolute Gasteiger partial charge is 0.274 e. The van der Waals surface area contributed by atoms with Crippen LogP contribution in [0.1, 0.15) is 16.1 Å². The van der Waals surface area contributed by atoms with E-state index in [-0.39, 0.29) is 5.69 Å². The number of nitrogens with zero attached hydrogens (tertiary/aromatic N) is 2. The first-order valence-corrected chi connectivity index (χ1v) is 9.60. The van der Waals surface area contributed by atoms with Crippen molar-refractivity contribution in [3.8, 4) is 0 Å². The number of carbonyl (C=O) groups excluding carboxylic acids is 2. The lowest BCUT2D eigenvalue weighted by molar-refractivity contribution is 0.102. The average molecular weight is 388 g/mol. The minimum atomic E-state index is -3.29. The molecule has 0 saturated carbocycles. The number of hydrogen-bond acceptors (Lipinski definition) is 4. The Bertz CT molecular complexity index is 1060. The average Bonchev–Trinajstić information content (AvgIpc) is 3.17. The third-order valence-corrected chi connectivity index (χ3v) is 5.90. The summed E-state index contributed by atoms with van der Waals surface area (Å²) in [6.07, 6.45) is 4.39. The van der Waals surface area contributed by atoms with Crippen LogP contribution in [0, 0.1) is 0 Å². The van der Waals surface area contributed by atoms with Gasteiger partial charge in [0.05, 0.1) is 10.6 Å². The van der Waals surface area contributed by atoms with Crippen LogP contribution >= 0.6 is 11.6 Å². The van der Waals surface area contributed by atoms with Crippen molar-refractivity contribution in [2.24, 2.45) is 0 Å². The molecule has 1 atom stereocenters. The molecule has 1 unspecified atom stereocenters. The predicted molar refractivity (Wildman–Crippen MR) is 100 cm³/mol. The monoisotopic (exact) mass is 387 g/mol. The van der Waals surface area contributed by atoms with E-state index in [1.807, 2.05) is 0 Å². The van der Waals surface area contributed by atoms with Crippen LogP contribution in [-0.4, -0.2) is 24.3 Å². The van der Waals surface area contributed by atoms with Gasteiger partial charge in [0.1, 0.15) is 5.69 Å². The molecule has 0 aliphatic rings. The fourth-order valence-electron chi connectivity index (χ4n) is 2.28. The molecule has 26 heavy (non-hydrogen) atoms. The molecule has 6 nitrogen and oxygen atoms in total. The van der Waals surface area contributed by atoms with Crippen LogP contribution in [0.15, 0.2) is 72.0 Å². The first-order valence-electron chi connectivity index (χ1n) is 7.56. The SMILES string of the molecule is O=C=S(=O)(c1ccc(CCl)cc1)n1ccc(NC(=O)c2ccccn2)c1. The lowest BCUT2D eigenvalue weighted by Crippen LogP contribution is -2.14. The molecular weight excluding hydrogens is 374 g/mol. The highest BCUT2D eigenvalue weighted by atomic mass is 35.5. The van der Waals surface area contributed by atoms with Crippen molar-refractivity contribution in [1.82, 2.24) is 8.96 Å². The number of benzene rings is 1. The van der Waals surface area contributed by atoms with E-state index in [4.69, 9.17) is 11.6 Å². The third kappa shape index (κ3) is 3.55. The Hall–Kier alpha value is -2.86. The number of hydrogen-bond donors (Lipinski definition) is 1. The molecule has 0 spiro atoms. The maximum absolute atomic E-state index is 13.1. The molecule has 0 fully saturated rings. The van der Waals surface area contributed by atoms with Crippen LogP contribution in [0.5, 0.6) is 0 Å². The van der Waals surface area contributed by atoms with E-state index in [2.05, 4.69) is 10.3 Å². The summed E-state index contributed by atoms with van der Waals surface area (Å²) in [5.41, 5.74) is 1.49. The first kappa shape index (κ1) is 17.9. The van der Waals surface area contributed by atoms with Crippen LogP contribution in [-0.2, 0) is 20.4 Å². The van der Waals surface area contributed by atoms with Crippen molar-refractivity contribution in [1.29, 1.82) is 0 Å².